The third-order valence-electron chi connectivity index (χ3n) is 4.19. The van der Waals surface area contributed by atoms with Crippen molar-refractivity contribution in [3.63, 3.8) is 0 Å². The van der Waals surface area contributed by atoms with Gasteiger partial charge in [0.2, 0.25) is 5.78 Å². The zero-order chi connectivity index (χ0) is 17.1. The van der Waals surface area contributed by atoms with Gasteiger partial charge in [0.25, 0.3) is 0 Å². The highest BCUT2D eigenvalue weighted by Gasteiger charge is 2.21. The minimum absolute atomic E-state index is 0.190. The lowest BCUT2D eigenvalue weighted by molar-refractivity contribution is 0.0318. The molecule has 2 aromatic carbocycles. The van der Waals surface area contributed by atoms with Crippen LogP contribution in [0.1, 0.15) is 49.9 Å². The van der Waals surface area contributed by atoms with E-state index in [1.165, 1.54) is 0 Å². The molecule has 0 unspecified atom stereocenters. The van der Waals surface area contributed by atoms with E-state index in [0.717, 1.165) is 22.3 Å². The summed E-state index contributed by atoms with van der Waals surface area (Å²) in [5, 5.41) is 0. The van der Waals surface area contributed by atoms with Gasteiger partial charge >= 0.3 is 5.97 Å². The summed E-state index contributed by atoms with van der Waals surface area (Å²) in [5.74, 6) is -0.664. The van der Waals surface area contributed by atoms with Crippen molar-refractivity contribution in [3.8, 4) is 0 Å². The maximum atomic E-state index is 12.4. The maximum Gasteiger partial charge on any atom is 0.338 e. The van der Waals surface area contributed by atoms with Crippen molar-refractivity contribution in [1.29, 1.82) is 0 Å². The number of ketones is 1. The molecule has 3 nitrogen and oxygen atoms in total. The van der Waals surface area contributed by atoms with E-state index in [0.29, 0.717) is 11.1 Å². The molecule has 2 rings (SSSR count). The Bertz CT molecular complexity index is 759. The summed E-state index contributed by atoms with van der Waals surface area (Å²) in [6.07, 6.45) is -0.814. The van der Waals surface area contributed by atoms with Crippen molar-refractivity contribution in [2.75, 3.05) is 0 Å². The number of rotatable bonds is 4. The molecule has 0 fully saturated rings. The fourth-order valence-corrected chi connectivity index (χ4v) is 2.28. The van der Waals surface area contributed by atoms with Gasteiger partial charge in [-0.1, -0.05) is 18.2 Å². The zero-order valence-corrected chi connectivity index (χ0v) is 14.3. The first-order valence-electron chi connectivity index (χ1n) is 7.69. The van der Waals surface area contributed by atoms with E-state index < -0.39 is 12.1 Å². The molecule has 0 saturated carbocycles. The van der Waals surface area contributed by atoms with Crippen LogP contribution in [-0.4, -0.2) is 17.9 Å². The SMILES string of the molecule is Cc1ccc(C(=O)O[C@@H](C)C(=O)c2ccc(C)c(C)c2)cc1C. The first-order valence-corrected chi connectivity index (χ1v) is 7.69. The standard InChI is InChI=1S/C20H22O3/c1-12-6-8-17(10-14(12)3)19(21)16(5)23-20(22)18-9-7-13(2)15(4)11-18/h6-11,16H,1-5H3/t16-/m0/s1. The van der Waals surface area contributed by atoms with Gasteiger partial charge in [-0.2, -0.15) is 0 Å². The van der Waals surface area contributed by atoms with Gasteiger partial charge in [0.15, 0.2) is 6.10 Å². The molecule has 0 aliphatic rings. The molecule has 0 saturated heterocycles. The van der Waals surface area contributed by atoms with Crippen LogP contribution in [0.2, 0.25) is 0 Å². The second kappa shape index (κ2) is 6.78. The van der Waals surface area contributed by atoms with Crippen molar-refractivity contribution >= 4 is 11.8 Å². The largest absolute Gasteiger partial charge is 0.451 e. The highest BCUT2D eigenvalue weighted by molar-refractivity contribution is 6.01. The summed E-state index contributed by atoms with van der Waals surface area (Å²) in [5.41, 5.74) is 5.33. The average molecular weight is 310 g/mol. The first kappa shape index (κ1) is 16.9. The summed E-state index contributed by atoms with van der Waals surface area (Å²) in [6.45, 7) is 9.48. The van der Waals surface area contributed by atoms with Crippen LogP contribution in [0.5, 0.6) is 0 Å². The van der Waals surface area contributed by atoms with Crippen LogP contribution in [0.4, 0.5) is 0 Å². The van der Waals surface area contributed by atoms with E-state index >= 15 is 0 Å². The number of esters is 1. The quantitative estimate of drug-likeness (QED) is 0.623. The summed E-state index contributed by atoms with van der Waals surface area (Å²) in [7, 11) is 0. The Morgan fingerprint density at radius 2 is 1.26 bits per heavy atom. The minimum Gasteiger partial charge on any atom is -0.451 e. The molecule has 0 N–H and O–H groups in total. The zero-order valence-electron chi connectivity index (χ0n) is 14.3. The molecule has 0 aliphatic heterocycles. The molecular formula is C20H22O3. The molecule has 0 amide bonds. The van der Waals surface area contributed by atoms with Crippen LogP contribution in [0.25, 0.3) is 0 Å². The predicted octanol–water partition coefficient (Wildman–Crippen LogP) is 4.35. The Kier molecular flexibility index (Phi) is 4.99. The lowest BCUT2D eigenvalue weighted by Crippen LogP contribution is -2.24. The van der Waals surface area contributed by atoms with Crippen molar-refractivity contribution < 1.29 is 14.3 Å². The molecule has 0 bridgehead atoms. The topological polar surface area (TPSA) is 43.4 Å². The molecule has 1 atom stereocenters. The summed E-state index contributed by atoms with van der Waals surface area (Å²) in [4.78, 5) is 24.6. The van der Waals surface area contributed by atoms with E-state index in [1.54, 1.807) is 25.1 Å². The molecule has 3 heteroatoms. The lowest BCUT2D eigenvalue weighted by atomic mass is 10.0. The predicted molar refractivity (Wildman–Crippen MR) is 91.0 cm³/mol. The summed E-state index contributed by atoms with van der Waals surface area (Å²) in [6, 6.07) is 10.9. The van der Waals surface area contributed by atoms with Crippen LogP contribution in [0.3, 0.4) is 0 Å². The molecule has 0 aliphatic carbocycles. The fourth-order valence-electron chi connectivity index (χ4n) is 2.28. The van der Waals surface area contributed by atoms with Gasteiger partial charge < -0.3 is 4.74 Å². The molecule has 0 heterocycles. The first-order chi connectivity index (χ1) is 10.8. The Morgan fingerprint density at radius 3 is 1.78 bits per heavy atom. The van der Waals surface area contributed by atoms with Crippen LogP contribution < -0.4 is 0 Å². The second-order valence-corrected chi connectivity index (χ2v) is 6.01. The number of carbonyl (C=O) groups is 2. The highest BCUT2D eigenvalue weighted by atomic mass is 16.5. The van der Waals surface area contributed by atoms with E-state index in [-0.39, 0.29) is 5.78 Å². The van der Waals surface area contributed by atoms with Crippen LogP contribution in [0.15, 0.2) is 36.4 Å². The molecule has 23 heavy (non-hydrogen) atoms. The van der Waals surface area contributed by atoms with Crippen LogP contribution >= 0.6 is 0 Å². The fraction of sp³-hybridized carbons (Fsp3) is 0.300. The van der Waals surface area contributed by atoms with E-state index in [9.17, 15) is 9.59 Å². The Labute approximate surface area is 137 Å². The van der Waals surface area contributed by atoms with E-state index in [4.69, 9.17) is 4.74 Å². The number of hydrogen-bond acceptors (Lipinski definition) is 3. The number of Topliss-reactive ketones (excluding diaryl/α,β-unsaturated/α-hetero) is 1. The van der Waals surface area contributed by atoms with Crippen LogP contribution in [-0.2, 0) is 4.74 Å². The van der Waals surface area contributed by atoms with Crippen molar-refractivity contribution in [3.05, 3.63) is 69.8 Å². The van der Waals surface area contributed by atoms with Gasteiger partial charge in [-0.25, -0.2) is 4.79 Å². The number of benzene rings is 2. The molecule has 2 aromatic rings. The summed E-state index contributed by atoms with van der Waals surface area (Å²) >= 11 is 0. The van der Waals surface area contributed by atoms with Crippen molar-refractivity contribution in [1.82, 2.24) is 0 Å². The Balaban J connectivity index is 2.12. The van der Waals surface area contributed by atoms with Gasteiger partial charge in [-0.15, -0.1) is 0 Å². The smallest absolute Gasteiger partial charge is 0.338 e. The third kappa shape index (κ3) is 3.86. The molecular weight excluding hydrogens is 288 g/mol. The monoisotopic (exact) mass is 310 g/mol. The lowest BCUT2D eigenvalue weighted by Gasteiger charge is -2.14. The van der Waals surface area contributed by atoms with E-state index in [2.05, 4.69) is 0 Å². The number of ether oxygens (including phenoxy) is 1. The summed E-state index contributed by atoms with van der Waals surface area (Å²) < 4.78 is 5.33. The van der Waals surface area contributed by atoms with Gasteiger partial charge in [0.05, 0.1) is 5.56 Å². The second-order valence-electron chi connectivity index (χ2n) is 6.01. The van der Waals surface area contributed by atoms with Gasteiger partial charge in [-0.05, 0) is 75.1 Å². The normalized spacial score (nSPS) is 11.9. The Morgan fingerprint density at radius 1 is 0.783 bits per heavy atom. The number of aryl methyl sites for hydroxylation is 4. The molecule has 0 aromatic heterocycles. The average Bonchev–Trinajstić information content (AvgIpc) is 2.51. The number of hydrogen-bond donors (Lipinski definition) is 0. The van der Waals surface area contributed by atoms with Crippen LogP contribution in [0, 0.1) is 27.7 Å². The molecule has 0 spiro atoms. The highest BCUT2D eigenvalue weighted by Crippen LogP contribution is 2.15. The third-order valence-corrected chi connectivity index (χ3v) is 4.19. The van der Waals surface area contributed by atoms with E-state index in [1.807, 2.05) is 45.9 Å². The number of carbonyl (C=O) groups excluding carboxylic acids is 2. The van der Waals surface area contributed by atoms with Crippen molar-refractivity contribution in [2.45, 2.75) is 40.7 Å². The van der Waals surface area contributed by atoms with Crippen molar-refractivity contribution in [2.24, 2.45) is 0 Å². The van der Waals surface area contributed by atoms with Gasteiger partial charge in [-0.3, -0.25) is 4.79 Å². The van der Waals surface area contributed by atoms with Gasteiger partial charge in [0.1, 0.15) is 0 Å². The van der Waals surface area contributed by atoms with Gasteiger partial charge in [0, 0.05) is 5.56 Å². The minimum atomic E-state index is -0.814. The molecule has 120 valence electrons. The maximum absolute atomic E-state index is 12.4. The Hall–Kier alpha value is -2.42. The molecule has 0 radical (unpaired) electrons.